The van der Waals surface area contributed by atoms with Gasteiger partial charge in [0.2, 0.25) is 0 Å². The molecule has 6 nitrogen and oxygen atoms in total. The standard InChI is InChI=1S/C21H24N2O4/c1-13(19(24)26-3)11-21(12-14(2)20(25)27-4)15-7-5-9-22-17(15)18-16(21)8-6-10-23-18/h5-10,13-14H,11-12H2,1-4H3. The van der Waals surface area contributed by atoms with Crippen molar-refractivity contribution in [2.45, 2.75) is 32.1 Å². The number of carbonyl (C=O) groups is 2. The highest BCUT2D eigenvalue weighted by atomic mass is 16.5. The summed E-state index contributed by atoms with van der Waals surface area (Å²) in [5, 5.41) is 0. The highest BCUT2D eigenvalue weighted by Crippen LogP contribution is 2.53. The van der Waals surface area contributed by atoms with Crippen molar-refractivity contribution in [1.82, 2.24) is 9.97 Å². The van der Waals surface area contributed by atoms with Crippen LogP contribution in [0, 0.1) is 11.8 Å². The predicted molar refractivity (Wildman–Crippen MR) is 99.8 cm³/mol. The Kier molecular flexibility index (Phi) is 5.26. The molecule has 142 valence electrons. The van der Waals surface area contributed by atoms with E-state index in [4.69, 9.17) is 9.47 Å². The molecule has 2 unspecified atom stereocenters. The van der Waals surface area contributed by atoms with Crippen molar-refractivity contribution >= 4 is 11.9 Å². The number of ether oxygens (including phenoxy) is 2. The van der Waals surface area contributed by atoms with Gasteiger partial charge in [-0.1, -0.05) is 26.0 Å². The summed E-state index contributed by atoms with van der Waals surface area (Å²) in [6.45, 7) is 3.70. The van der Waals surface area contributed by atoms with E-state index in [0.29, 0.717) is 12.8 Å². The Bertz CT molecular complexity index is 793. The zero-order valence-corrected chi connectivity index (χ0v) is 16.1. The number of hydrogen-bond donors (Lipinski definition) is 0. The van der Waals surface area contributed by atoms with Gasteiger partial charge in [-0.05, 0) is 36.1 Å². The van der Waals surface area contributed by atoms with E-state index in [9.17, 15) is 9.59 Å². The Morgan fingerprint density at radius 2 is 1.30 bits per heavy atom. The number of esters is 2. The number of pyridine rings is 2. The second-order valence-electron chi connectivity index (χ2n) is 7.14. The van der Waals surface area contributed by atoms with Crippen LogP contribution in [0.25, 0.3) is 11.4 Å². The molecule has 0 radical (unpaired) electrons. The summed E-state index contributed by atoms with van der Waals surface area (Å²) >= 11 is 0. The molecule has 2 aromatic rings. The number of fused-ring (bicyclic) bond motifs is 3. The maximum absolute atomic E-state index is 12.2. The van der Waals surface area contributed by atoms with Crippen molar-refractivity contribution in [2.75, 3.05) is 14.2 Å². The van der Waals surface area contributed by atoms with E-state index >= 15 is 0 Å². The van der Waals surface area contributed by atoms with E-state index in [0.717, 1.165) is 22.5 Å². The third-order valence-electron chi connectivity index (χ3n) is 5.39. The van der Waals surface area contributed by atoms with Crippen LogP contribution in [0.4, 0.5) is 0 Å². The van der Waals surface area contributed by atoms with E-state index in [1.165, 1.54) is 14.2 Å². The summed E-state index contributed by atoms with van der Waals surface area (Å²) in [6.07, 6.45) is 4.47. The van der Waals surface area contributed by atoms with Crippen LogP contribution in [-0.4, -0.2) is 36.1 Å². The number of aromatic nitrogens is 2. The zero-order chi connectivity index (χ0) is 19.6. The van der Waals surface area contributed by atoms with Crippen LogP contribution in [0.3, 0.4) is 0 Å². The Morgan fingerprint density at radius 3 is 1.67 bits per heavy atom. The highest BCUT2D eigenvalue weighted by Gasteiger charge is 2.47. The van der Waals surface area contributed by atoms with E-state index in [1.54, 1.807) is 12.4 Å². The predicted octanol–water partition coefficient (Wildman–Crippen LogP) is 3.14. The minimum absolute atomic E-state index is 0.275. The molecule has 0 amide bonds. The molecular weight excluding hydrogens is 344 g/mol. The first-order chi connectivity index (χ1) is 12.9. The number of rotatable bonds is 6. The Hall–Kier alpha value is -2.76. The first kappa shape index (κ1) is 19.0. The molecule has 2 aromatic heterocycles. The van der Waals surface area contributed by atoms with Gasteiger partial charge in [0.05, 0.1) is 37.4 Å². The third-order valence-corrected chi connectivity index (χ3v) is 5.39. The lowest BCUT2D eigenvalue weighted by atomic mass is 9.68. The molecule has 1 aliphatic carbocycles. The van der Waals surface area contributed by atoms with Gasteiger partial charge in [0, 0.05) is 17.8 Å². The molecule has 0 aliphatic heterocycles. The molecule has 0 saturated carbocycles. The van der Waals surface area contributed by atoms with Crippen LogP contribution >= 0.6 is 0 Å². The molecule has 2 atom stereocenters. The Labute approximate surface area is 158 Å². The SMILES string of the molecule is COC(=O)C(C)CC1(CC(C)C(=O)OC)c2cccnc2-c2ncccc21. The van der Waals surface area contributed by atoms with E-state index in [-0.39, 0.29) is 23.8 Å². The highest BCUT2D eigenvalue weighted by molar-refractivity contribution is 5.78. The Morgan fingerprint density at radius 1 is 0.889 bits per heavy atom. The lowest BCUT2D eigenvalue weighted by molar-refractivity contribution is -0.146. The average Bonchev–Trinajstić information content (AvgIpc) is 2.97. The average molecular weight is 368 g/mol. The summed E-state index contributed by atoms with van der Waals surface area (Å²) in [4.78, 5) is 33.5. The molecule has 2 heterocycles. The van der Waals surface area contributed by atoms with Gasteiger partial charge in [-0.2, -0.15) is 0 Å². The summed E-state index contributed by atoms with van der Waals surface area (Å²) < 4.78 is 9.91. The van der Waals surface area contributed by atoms with Crippen LogP contribution in [0.5, 0.6) is 0 Å². The first-order valence-corrected chi connectivity index (χ1v) is 9.01. The molecule has 0 saturated heterocycles. The molecule has 0 spiro atoms. The maximum atomic E-state index is 12.2. The molecule has 3 rings (SSSR count). The summed E-state index contributed by atoms with van der Waals surface area (Å²) in [5.74, 6) is -1.25. The van der Waals surface area contributed by atoms with Crippen molar-refractivity contribution in [3.63, 3.8) is 0 Å². The van der Waals surface area contributed by atoms with Gasteiger partial charge in [-0.15, -0.1) is 0 Å². The zero-order valence-electron chi connectivity index (χ0n) is 16.1. The topological polar surface area (TPSA) is 78.4 Å². The van der Waals surface area contributed by atoms with Crippen LogP contribution in [0.15, 0.2) is 36.7 Å². The van der Waals surface area contributed by atoms with Crippen molar-refractivity contribution in [3.8, 4) is 11.4 Å². The number of hydrogen-bond acceptors (Lipinski definition) is 6. The second-order valence-corrected chi connectivity index (χ2v) is 7.14. The van der Waals surface area contributed by atoms with Crippen molar-refractivity contribution in [1.29, 1.82) is 0 Å². The minimum Gasteiger partial charge on any atom is -0.469 e. The number of nitrogens with zero attached hydrogens (tertiary/aromatic N) is 2. The first-order valence-electron chi connectivity index (χ1n) is 9.01. The van der Waals surface area contributed by atoms with Gasteiger partial charge in [-0.3, -0.25) is 19.6 Å². The van der Waals surface area contributed by atoms with Gasteiger partial charge < -0.3 is 9.47 Å². The second kappa shape index (κ2) is 7.47. The minimum atomic E-state index is -0.561. The van der Waals surface area contributed by atoms with Crippen LogP contribution < -0.4 is 0 Å². The van der Waals surface area contributed by atoms with Gasteiger partial charge in [0.25, 0.3) is 0 Å². The molecule has 1 aliphatic rings. The molecule has 0 bridgehead atoms. The molecule has 0 fully saturated rings. The summed E-state index contributed by atoms with van der Waals surface area (Å²) in [7, 11) is 2.78. The normalized spacial score (nSPS) is 16.0. The van der Waals surface area contributed by atoms with Gasteiger partial charge in [0.1, 0.15) is 0 Å². The van der Waals surface area contributed by atoms with E-state index < -0.39 is 5.41 Å². The van der Waals surface area contributed by atoms with Crippen molar-refractivity contribution in [2.24, 2.45) is 11.8 Å². The smallest absolute Gasteiger partial charge is 0.308 e. The van der Waals surface area contributed by atoms with Crippen LogP contribution in [0.1, 0.15) is 37.8 Å². The maximum Gasteiger partial charge on any atom is 0.308 e. The van der Waals surface area contributed by atoms with E-state index in [1.807, 2.05) is 38.1 Å². The summed E-state index contributed by atoms with van der Waals surface area (Å²) in [5.41, 5.74) is 3.04. The van der Waals surface area contributed by atoms with Crippen molar-refractivity contribution < 1.29 is 19.1 Å². The fraction of sp³-hybridized carbons (Fsp3) is 0.429. The third kappa shape index (κ3) is 3.20. The molecule has 0 N–H and O–H groups in total. The number of carbonyl (C=O) groups excluding carboxylic acids is 2. The number of methoxy groups -OCH3 is 2. The summed E-state index contributed by atoms with van der Waals surface area (Å²) in [6, 6.07) is 7.78. The van der Waals surface area contributed by atoms with Gasteiger partial charge >= 0.3 is 11.9 Å². The monoisotopic (exact) mass is 368 g/mol. The lowest BCUT2D eigenvalue weighted by Crippen LogP contribution is -2.34. The molecule has 27 heavy (non-hydrogen) atoms. The Balaban J connectivity index is 2.17. The van der Waals surface area contributed by atoms with Crippen molar-refractivity contribution in [3.05, 3.63) is 47.8 Å². The van der Waals surface area contributed by atoms with Gasteiger partial charge in [0.15, 0.2) is 0 Å². The largest absolute Gasteiger partial charge is 0.469 e. The quantitative estimate of drug-likeness (QED) is 0.729. The molecule has 0 aromatic carbocycles. The van der Waals surface area contributed by atoms with Gasteiger partial charge in [-0.25, -0.2) is 0 Å². The fourth-order valence-electron chi connectivity index (χ4n) is 4.24. The molecule has 6 heteroatoms. The molecular formula is C21H24N2O4. The van der Waals surface area contributed by atoms with Crippen LogP contribution in [-0.2, 0) is 24.5 Å². The van der Waals surface area contributed by atoms with E-state index in [2.05, 4.69) is 9.97 Å². The lowest BCUT2D eigenvalue weighted by Gasteiger charge is -2.35. The fourth-order valence-corrected chi connectivity index (χ4v) is 4.24. The van der Waals surface area contributed by atoms with Crippen LogP contribution in [0.2, 0.25) is 0 Å².